The van der Waals surface area contributed by atoms with Gasteiger partial charge in [0.15, 0.2) is 0 Å². The minimum atomic E-state index is 0.764. The van der Waals surface area contributed by atoms with Crippen molar-refractivity contribution >= 4 is 0 Å². The van der Waals surface area contributed by atoms with Crippen molar-refractivity contribution in [3.05, 3.63) is 12.2 Å². The number of nitrogens with one attached hydrogen (secondary N) is 1. The van der Waals surface area contributed by atoms with Crippen molar-refractivity contribution in [2.75, 3.05) is 13.1 Å². The van der Waals surface area contributed by atoms with Crippen molar-refractivity contribution in [2.45, 2.75) is 59.3 Å². The molecule has 0 amide bonds. The van der Waals surface area contributed by atoms with Gasteiger partial charge in [-0.25, -0.2) is 0 Å². The third-order valence-electron chi connectivity index (χ3n) is 3.89. The molecule has 0 heterocycles. The summed E-state index contributed by atoms with van der Waals surface area (Å²) in [5, 5.41) is 3.66. The first-order valence-corrected chi connectivity index (χ1v) is 7.44. The molecule has 2 atom stereocenters. The molecule has 1 heteroatoms. The smallest absolute Gasteiger partial charge is 0.00176 e. The Hall–Kier alpha value is -0.300. The topological polar surface area (TPSA) is 12.0 Å². The van der Waals surface area contributed by atoms with Crippen LogP contribution in [0.25, 0.3) is 0 Å². The molecule has 2 unspecified atom stereocenters. The van der Waals surface area contributed by atoms with Crippen LogP contribution in [0.4, 0.5) is 0 Å². The quantitative estimate of drug-likeness (QED) is 0.533. The SMILES string of the molecule is C=C(C)CC1CCCCCC1CNCC(C)C. The molecule has 1 saturated carbocycles. The molecule has 1 aliphatic carbocycles. The molecule has 0 aromatic carbocycles. The van der Waals surface area contributed by atoms with E-state index in [4.69, 9.17) is 0 Å². The van der Waals surface area contributed by atoms with E-state index in [0.717, 1.165) is 24.3 Å². The molecule has 0 spiro atoms. The molecule has 0 aliphatic heterocycles. The van der Waals surface area contributed by atoms with Crippen LogP contribution in [0.2, 0.25) is 0 Å². The van der Waals surface area contributed by atoms with Gasteiger partial charge in [0.05, 0.1) is 0 Å². The fraction of sp³-hybridized carbons (Fsp3) is 0.875. The van der Waals surface area contributed by atoms with Gasteiger partial charge in [-0.15, -0.1) is 6.58 Å². The lowest BCUT2D eigenvalue weighted by Gasteiger charge is -2.26. The van der Waals surface area contributed by atoms with Gasteiger partial charge < -0.3 is 5.32 Å². The maximum atomic E-state index is 4.10. The van der Waals surface area contributed by atoms with Crippen LogP contribution in [0, 0.1) is 17.8 Å². The average Bonchev–Trinajstić information content (AvgIpc) is 2.43. The maximum absolute atomic E-state index is 4.10. The zero-order valence-electron chi connectivity index (χ0n) is 12.1. The van der Waals surface area contributed by atoms with Gasteiger partial charge in [-0.3, -0.25) is 0 Å². The largest absolute Gasteiger partial charge is 0.316 e. The van der Waals surface area contributed by atoms with Gasteiger partial charge in [-0.1, -0.05) is 38.7 Å². The predicted octanol–water partition coefficient (Wildman–Crippen LogP) is 4.39. The summed E-state index contributed by atoms with van der Waals surface area (Å²) in [5.74, 6) is 2.53. The molecule has 17 heavy (non-hydrogen) atoms. The van der Waals surface area contributed by atoms with Gasteiger partial charge in [-0.05, 0) is 57.0 Å². The minimum Gasteiger partial charge on any atom is -0.316 e. The van der Waals surface area contributed by atoms with Gasteiger partial charge in [0.1, 0.15) is 0 Å². The second kappa shape index (κ2) is 7.92. The minimum absolute atomic E-state index is 0.764. The molecule has 1 rings (SSSR count). The van der Waals surface area contributed by atoms with Crippen LogP contribution in [0.3, 0.4) is 0 Å². The van der Waals surface area contributed by atoms with Crippen molar-refractivity contribution < 1.29 is 0 Å². The van der Waals surface area contributed by atoms with E-state index in [1.807, 2.05) is 0 Å². The van der Waals surface area contributed by atoms with Gasteiger partial charge in [0.2, 0.25) is 0 Å². The molecule has 0 bridgehead atoms. The van der Waals surface area contributed by atoms with Crippen LogP contribution in [-0.4, -0.2) is 13.1 Å². The highest BCUT2D eigenvalue weighted by atomic mass is 14.9. The second-order valence-corrected chi connectivity index (χ2v) is 6.37. The van der Waals surface area contributed by atoms with Crippen LogP contribution in [0.15, 0.2) is 12.2 Å². The normalized spacial score (nSPS) is 25.9. The molecule has 0 aromatic heterocycles. The van der Waals surface area contributed by atoms with E-state index in [-0.39, 0.29) is 0 Å². The maximum Gasteiger partial charge on any atom is -0.00176 e. The van der Waals surface area contributed by atoms with Crippen molar-refractivity contribution in [3.63, 3.8) is 0 Å². The summed E-state index contributed by atoms with van der Waals surface area (Å²) >= 11 is 0. The van der Waals surface area contributed by atoms with E-state index in [9.17, 15) is 0 Å². The standard InChI is InChI=1S/C16H31N/c1-13(2)10-15-8-6-5-7-9-16(15)12-17-11-14(3)4/h14-17H,1,5-12H2,2-4H3. The third kappa shape index (κ3) is 6.26. The average molecular weight is 237 g/mol. The van der Waals surface area contributed by atoms with E-state index in [1.54, 1.807) is 0 Å². The molecule has 0 saturated heterocycles. The second-order valence-electron chi connectivity index (χ2n) is 6.37. The molecule has 1 N–H and O–H groups in total. The van der Waals surface area contributed by atoms with Gasteiger partial charge in [0, 0.05) is 0 Å². The van der Waals surface area contributed by atoms with E-state index >= 15 is 0 Å². The highest BCUT2D eigenvalue weighted by Crippen LogP contribution is 2.32. The first-order chi connectivity index (χ1) is 8.09. The van der Waals surface area contributed by atoms with E-state index in [2.05, 4.69) is 32.7 Å². The van der Waals surface area contributed by atoms with Crippen molar-refractivity contribution in [1.29, 1.82) is 0 Å². The first kappa shape index (κ1) is 14.8. The molecule has 1 aliphatic rings. The van der Waals surface area contributed by atoms with Crippen LogP contribution in [-0.2, 0) is 0 Å². The van der Waals surface area contributed by atoms with Crippen LogP contribution in [0.5, 0.6) is 0 Å². The molecular weight excluding hydrogens is 206 g/mol. The molecule has 100 valence electrons. The number of allylic oxidation sites excluding steroid dienone is 1. The summed E-state index contributed by atoms with van der Waals surface area (Å²) in [6.07, 6.45) is 8.38. The molecular formula is C16H31N. The summed E-state index contributed by atoms with van der Waals surface area (Å²) in [7, 11) is 0. The van der Waals surface area contributed by atoms with E-state index in [1.165, 1.54) is 50.6 Å². The zero-order chi connectivity index (χ0) is 12.7. The summed E-state index contributed by atoms with van der Waals surface area (Å²) < 4.78 is 0. The Balaban J connectivity index is 2.41. The fourth-order valence-electron chi connectivity index (χ4n) is 3.00. The molecule has 1 fully saturated rings. The highest BCUT2D eigenvalue weighted by Gasteiger charge is 2.23. The number of hydrogen-bond acceptors (Lipinski definition) is 1. The Labute approximate surface area is 108 Å². The molecule has 0 aromatic rings. The van der Waals surface area contributed by atoms with E-state index in [0.29, 0.717) is 0 Å². The van der Waals surface area contributed by atoms with Crippen molar-refractivity contribution in [1.82, 2.24) is 5.32 Å². The van der Waals surface area contributed by atoms with Crippen LogP contribution >= 0.6 is 0 Å². The Morgan fingerprint density at radius 3 is 2.41 bits per heavy atom. The summed E-state index contributed by atoms with van der Waals surface area (Å²) in [5.41, 5.74) is 1.37. The Kier molecular flexibility index (Phi) is 6.87. The van der Waals surface area contributed by atoms with Gasteiger partial charge in [0.25, 0.3) is 0 Å². The first-order valence-electron chi connectivity index (χ1n) is 7.44. The highest BCUT2D eigenvalue weighted by molar-refractivity contribution is 4.93. The zero-order valence-corrected chi connectivity index (χ0v) is 12.1. The lowest BCUT2D eigenvalue weighted by molar-refractivity contribution is 0.293. The van der Waals surface area contributed by atoms with Gasteiger partial charge >= 0.3 is 0 Å². The van der Waals surface area contributed by atoms with Crippen molar-refractivity contribution in [2.24, 2.45) is 17.8 Å². The third-order valence-corrected chi connectivity index (χ3v) is 3.89. The summed E-state index contributed by atoms with van der Waals surface area (Å²) in [6.45, 7) is 13.2. The predicted molar refractivity (Wildman–Crippen MR) is 77.2 cm³/mol. The Morgan fingerprint density at radius 1 is 1.18 bits per heavy atom. The van der Waals surface area contributed by atoms with Gasteiger partial charge in [-0.2, -0.15) is 0 Å². The summed E-state index contributed by atoms with van der Waals surface area (Å²) in [6, 6.07) is 0. The number of hydrogen-bond donors (Lipinski definition) is 1. The van der Waals surface area contributed by atoms with E-state index < -0.39 is 0 Å². The molecule has 1 nitrogen and oxygen atoms in total. The lowest BCUT2D eigenvalue weighted by atomic mass is 9.83. The number of rotatable bonds is 6. The Bertz CT molecular complexity index is 220. The Morgan fingerprint density at radius 2 is 1.82 bits per heavy atom. The van der Waals surface area contributed by atoms with Crippen LogP contribution in [0.1, 0.15) is 59.3 Å². The van der Waals surface area contributed by atoms with Crippen molar-refractivity contribution in [3.8, 4) is 0 Å². The monoisotopic (exact) mass is 237 g/mol. The molecule has 0 radical (unpaired) electrons. The fourth-order valence-corrected chi connectivity index (χ4v) is 3.00. The summed E-state index contributed by atoms with van der Waals surface area (Å²) in [4.78, 5) is 0. The van der Waals surface area contributed by atoms with Crippen LogP contribution < -0.4 is 5.32 Å². The lowest BCUT2D eigenvalue weighted by Crippen LogP contribution is -2.30.